The third-order valence-corrected chi connectivity index (χ3v) is 3.57. The quantitative estimate of drug-likeness (QED) is 0.789. The second kappa shape index (κ2) is 4.76. The van der Waals surface area contributed by atoms with E-state index in [0.29, 0.717) is 22.3 Å². The molecule has 0 aromatic carbocycles. The summed E-state index contributed by atoms with van der Waals surface area (Å²) in [5.74, 6) is 0.666. The number of hydrogen-bond acceptors (Lipinski definition) is 4. The van der Waals surface area contributed by atoms with Gasteiger partial charge in [0.2, 0.25) is 0 Å². The van der Waals surface area contributed by atoms with E-state index in [4.69, 9.17) is 11.6 Å². The minimum Gasteiger partial charge on any atom is -0.293 e. The van der Waals surface area contributed by atoms with Gasteiger partial charge in [0, 0.05) is 6.54 Å². The summed E-state index contributed by atoms with van der Waals surface area (Å²) in [5.41, 5.74) is 0. The molecule has 0 saturated heterocycles. The first-order valence-electron chi connectivity index (χ1n) is 4.85. The van der Waals surface area contributed by atoms with Gasteiger partial charge in [-0.15, -0.1) is 11.3 Å². The molecule has 0 bridgehead atoms. The van der Waals surface area contributed by atoms with Gasteiger partial charge in [0.15, 0.2) is 5.78 Å². The van der Waals surface area contributed by atoms with Crippen molar-refractivity contribution in [2.45, 2.75) is 19.9 Å². The van der Waals surface area contributed by atoms with E-state index < -0.39 is 0 Å². The molecule has 0 saturated carbocycles. The predicted molar refractivity (Wildman–Crippen MR) is 63.1 cm³/mol. The Morgan fingerprint density at radius 3 is 3.06 bits per heavy atom. The highest BCUT2D eigenvalue weighted by molar-refractivity contribution is 7.12. The molecule has 0 spiro atoms. The molecule has 16 heavy (non-hydrogen) atoms. The van der Waals surface area contributed by atoms with Crippen LogP contribution in [0.5, 0.6) is 0 Å². The fourth-order valence-corrected chi connectivity index (χ4v) is 2.51. The molecule has 0 fully saturated rings. The highest BCUT2D eigenvalue weighted by atomic mass is 35.5. The van der Waals surface area contributed by atoms with Crippen molar-refractivity contribution in [1.29, 1.82) is 0 Å². The van der Waals surface area contributed by atoms with Crippen LogP contribution in [0.1, 0.15) is 22.4 Å². The Kier molecular flexibility index (Phi) is 3.36. The van der Waals surface area contributed by atoms with Crippen molar-refractivity contribution in [3.05, 3.63) is 33.5 Å². The van der Waals surface area contributed by atoms with Gasteiger partial charge in [0.1, 0.15) is 12.2 Å². The second-order valence-electron chi connectivity index (χ2n) is 3.19. The average molecular weight is 256 g/mol. The molecule has 0 amide bonds. The number of carbonyl (C=O) groups is 1. The first-order chi connectivity index (χ1) is 7.72. The van der Waals surface area contributed by atoms with Crippen LogP contribution in [0.25, 0.3) is 0 Å². The van der Waals surface area contributed by atoms with E-state index >= 15 is 0 Å². The number of Topliss-reactive ketones (excluding diaryl/α,β-unsaturated/α-hetero) is 1. The van der Waals surface area contributed by atoms with Gasteiger partial charge >= 0.3 is 0 Å². The molecule has 6 heteroatoms. The summed E-state index contributed by atoms with van der Waals surface area (Å²) < 4.78 is 1.71. The molecule has 2 aromatic heterocycles. The lowest BCUT2D eigenvalue weighted by atomic mass is 10.2. The normalized spacial score (nSPS) is 10.6. The zero-order valence-corrected chi connectivity index (χ0v) is 10.3. The van der Waals surface area contributed by atoms with E-state index in [1.165, 1.54) is 17.7 Å². The number of halogens is 1. The van der Waals surface area contributed by atoms with E-state index in [0.717, 1.165) is 0 Å². The van der Waals surface area contributed by atoms with Crippen LogP contribution < -0.4 is 0 Å². The Morgan fingerprint density at radius 2 is 2.44 bits per heavy atom. The van der Waals surface area contributed by atoms with Gasteiger partial charge in [-0.25, -0.2) is 9.67 Å². The number of nitrogens with zero attached hydrogens (tertiary/aromatic N) is 3. The van der Waals surface area contributed by atoms with Crippen molar-refractivity contribution in [3.8, 4) is 0 Å². The molecule has 4 nitrogen and oxygen atoms in total. The second-order valence-corrected chi connectivity index (χ2v) is 4.51. The van der Waals surface area contributed by atoms with Gasteiger partial charge in [-0.1, -0.05) is 11.6 Å². The van der Waals surface area contributed by atoms with Crippen LogP contribution in [0.15, 0.2) is 17.8 Å². The first kappa shape index (κ1) is 11.3. The summed E-state index contributed by atoms with van der Waals surface area (Å²) in [6.07, 6.45) is 1.70. The van der Waals surface area contributed by atoms with Crippen molar-refractivity contribution in [2.75, 3.05) is 0 Å². The van der Waals surface area contributed by atoms with Gasteiger partial charge in [-0.05, 0) is 18.4 Å². The Balaban J connectivity index is 2.17. The molecule has 0 radical (unpaired) electrons. The minimum absolute atomic E-state index is 0.0114. The number of rotatable bonds is 4. The van der Waals surface area contributed by atoms with Gasteiger partial charge in [0.05, 0.1) is 16.3 Å². The summed E-state index contributed by atoms with van der Waals surface area (Å²) in [6.45, 7) is 2.67. The standard InChI is InChI=1S/C10H10ClN3OS/c1-2-14-9(12-6-13-14)5-8(15)10-7(11)3-4-16-10/h3-4,6H,2,5H2,1H3. The van der Waals surface area contributed by atoms with E-state index in [9.17, 15) is 4.79 Å². The Hall–Kier alpha value is -1.20. The van der Waals surface area contributed by atoms with Gasteiger partial charge in [0.25, 0.3) is 0 Å². The maximum Gasteiger partial charge on any atom is 0.181 e. The van der Waals surface area contributed by atoms with Crippen molar-refractivity contribution in [3.63, 3.8) is 0 Å². The number of aryl methyl sites for hydroxylation is 1. The average Bonchev–Trinajstić information content (AvgIpc) is 2.86. The van der Waals surface area contributed by atoms with E-state index in [1.807, 2.05) is 6.92 Å². The van der Waals surface area contributed by atoms with Gasteiger partial charge < -0.3 is 0 Å². The highest BCUT2D eigenvalue weighted by Gasteiger charge is 2.15. The summed E-state index contributed by atoms with van der Waals surface area (Å²) in [6, 6.07) is 1.73. The Bertz CT molecular complexity index is 506. The molecule has 0 aliphatic carbocycles. The molecule has 0 atom stereocenters. The monoisotopic (exact) mass is 255 g/mol. The summed E-state index contributed by atoms with van der Waals surface area (Å²) in [4.78, 5) is 16.6. The van der Waals surface area contributed by atoms with Crippen LogP contribution in [-0.2, 0) is 13.0 Å². The van der Waals surface area contributed by atoms with Gasteiger partial charge in [-0.2, -0.15) is 5.10 Å². The van der Waals surface area contributed by atoms with Crippen molar-refractivity contribution < 1.29 is 4.79 Å². The zero-order valence-electron chi connectivity index (χ0n) is 8.68. The predicted octanol–water partition coefficient (Wildman–Crippen LogP) is 2.44. The maximum atomic E-state index is 11.9. The Morgan fingerprint density at radius 1 is 1.62 bits per heavy atom. The molecule has 2 rings (SSSR count). The molecule has 2 heterocycles. The number of aromatic nitrogens is 3. The van der Waals surface area contributed by atoms with E-state index in [-0.39, 0.29) is 12.2 Å². The van der Waals surface area contributed by atoms with Gasteiger partial charge in [-0.3, -0.25) is 4.79 Å². The van der Waals surface area contributed by atoms with Crippen LogP contribution in [0.2, 0.25) is 5.02 Å². The van der Waals surface area contributed by atoms with Crippen molar-refractivity contribution in [1.82, 2.24) is 14.8 Å². The van der Waals surface area contributed by atoms with Crippen LogP contribution in [0.3, 0.4) is 0 Å². The van der Waals surface area contributed by atoms with E-state index in [1.54, 1.807) is 16.1 Å². The number of thiophene rings is 1. The largest absolute Gasteiger partial charge is 0.293 e. The molecule has 0 aliphatic rings. The molecule has 0 N–H and O–H groups in total. The molecule has 2 aromatic rings. The highest BCUT2D eigenvalue weighted by Crippen LogP contribution is 2.23. The lowest BCUT2D eigenvalue weighted by Crippen LogP contribution is -2.10. The van der Waals surface area contributed by atoms with Crippen LogP contribution in [0, 0.1) is 0 Å². The summed E-state index contributed by atoms with van der Waals surface area (Å²) in [5, 5.41) is 6.33. The molecule has 84 valence electrons. The maximum absolute atomic E-state index is 11.9. The minimum atomic E-state index is -0.0114. The van der Waals surface area contributed by atoms with Crippen LogP contribution in [0.4, 0.5) is 0 Å². The molecular formula is C10H10ClN3OS. The molecule has 0 aliphatic heterocycles. The zero-order chi connectivity index (χ0) is 11.5. The summed E-state index contributed by atoms with van der Waals surface area (Å²) in [7, 11) is 0. The number of carbonyl (C=O) groups excluding carboxylic acids is 1. The smallest absolute Gasteiger partial charge is 0.181 e. The lowest BCUT2D eigenvalue weighted by Gasteiger charge is -2.01. The summed E-state index contributed by atoms with van der Waals surface area (Å²) >= 11 is 7.25. The molecular weight excluding hydrogens is 246 g/mol. The first-order valence-corrected chi connectivity index (χ1v) is 6.11. The third-order valence-electron chi connectivity index (χ3n) is 2.18. The number of ketones is 1. The molecule has 0 unspecified atom stereocenters. The van der Waals surface area contributed by atoms with Crippen LogP contribution in [-0.4, -0.2) is 20.5 Å². The van der Waals surface area contributed by atoms with Crippen molar-refractivity contribution in [2.24, 2.45) is 0 Å². The lowest BCUT2D eigenvalue weighted by molar-refractivity contribution is 0.0993. The fourth-order valence-electron chi connectivity index (χ4n) is 1.41. The third kappa shape index (κ3) is 2.15. The van der Waals surface area contributed by atoms with Crippen molar-refractivity contribution >= 4 is 28.7 Å². The van der Waals surface area contributed by atoms with E-state index in [2.05, 4.69) is 10.1 Å². The Labute approximate surface area is 102 Å². The van der Waals surface area contributed by atoms with Crippen LogP contribution >= 0.6 is 22.9 Å². The SMILES string of the molecule is CCn1ncnc1CC(=O)c1sccc1Cl. The topological polar surface area (TPSA) is 47.8 Å². The fraction of sp³-hybridized carbons (Fsp3) is 0.300. The number of hydrogen-bond donors (Lipinski definition) is 0.